The van der Waals surface area contributed by atoms with Crippen LogP contribution in [0.25, 0.3) is 0 Å². The Balaban J connectivity index is 2.25. The van der Waals surface area contributed by atoms with Gasteiger partial charge in [-0.05, 0) is 12.5 Å². The van der Waals surface area contributed by atoms with Gasteiger partial charge in [0.2, 0.25) is 0 Å². The van der Waals surface area contributed by atoms with Crippen molar-refractivity contribution in [3.63, 3.8) is 0 Å². The van der Waals surface area contributed by atoms with Crippen molar-refractivity contribution in [2.75, 3.05) is 11.4 Å². The quantitative estimate of drug-likeness (QED) is 0.564. The van der Waals surface area contributed by atoms with Crippen molar-refractivity contribution in [3.05, 3.63) is 28.3 Å². The van der Waals surface area contributed by atoms with Gasteiger partial charge < -0.3 is 4.90 Å². The van der Waals surface area contributed by atoms with E-state index in [2.05, 4.69) is 4.40 Å². The maximum absolute atomic E-state index is 12.0. The number of hydrogen-bond acceptors (Lipinski definition) is 5. The Bertz CT molecular complexity index is 680. The zero-order valence-electron chi connectivity index (χ0n) is 9.24. The molecule has 2 aliphatic rings. The molecule has 0 saturated carbocycles. The average Bonchev–Trinajstić information content (AvgIpc) is 2.75. The fourth-order valence-electron chi connectivity index (χ4n) is 2.25. The Morgan fingerprint density at radius 2 is 2.17 bits per heavy atom. The Morgan fingerprint density at radius 3 is 2.89 bits per heavy atom. The summed E-state index contributed by atoms with van der Waals surface area (Å²) in [7, 11) is -3.81. The van der Waals surface area contributed by atoms with Gasteiger partial charge >= 0.3 is 0 Å². The van der Waals surface area contributed by atoms with Crippen molar-refractivity contribution in [1.82, 2.24) is 0 Å². The maximum Gasteiger partial charge on any atom is 0.286 e. The van der Waals surface area contributed by atoms with Crippen LogP contribution in [0, 0.1) is 10.1 Å². The van der Waals surface area contributed by atoms with Crippen LogP contribution in [0.15, 0.2) is 27.5 Å². The molecule has 94 valence electrons. The molecular weight excluding hydrogens is 258 g/mol. The van der Waals surface area contributed by atoms with Gasteiger partial charge in [-0.1, -0.05) is 0 Å². The van der Waals surface area contributed by atoms with Gasteiger partial charge in [0, 0.05) is 25.1 Å². The van der Waals surface area contributed by atoms with Crippen molar-refractivity contribution < 1.29 is 13.3 Å². The zero-order chi connectivity index (χ0) is 12.9. The van der Waals surface area contributed by atoms with Gasteiger partial charge in [0.05, 0.1) is 10.6 Å². The van der Waals surface area contributed by atoms with Gasteiger partial charge in [0.15, 0.2) is 0 Å². The maximum atomic E-state index is 12.0. The highest BCUT2D eigenvalue weighted by molar-refractivity contribution is 7.90. The molecule has 1 saturated heterocycles. The minimum Gasteiger partial charge on any atom is -0.328 e. The normalized spacial score (nSPS) is 20.0. The second-order valence-corrected chi connectivity index (χ2v) is 5.72. The number of nitro benzene ring substituents is 1. The second-order valence-electron chi connectivity index (χ2n) is 4.15. The molecule has 18 heavy (non-hydrogen) atoms. The molecule has 0 aromatic heterocycles. The highest BCUT2D eigenvalue weighted by Gasteiger charge is 2.34. The van der Waals surface area contributed by atoms with Gasteiger partial charge in [-0.15, -0.1) is 4.40 Å². The number of benzene rings is 1. The van der Waals surface area contributed by atoms with Crippen LogP contribution in [0.2, 0.25) is 0 Å². The summed E-state index contributed by atoms with van der Waals surface area (Å²) < 4.78 is 27.6. The van der Waals surface area contributed by atoms with Crippen molar-refractivity contribution >= 4 is 27.2 Å². The first-order valence-corrected chi connectivity index (χ1v) is 6.83. The third kappa shape index (κ3) is 1.49. The van der Waals surface area contributed by atoms with E-state index < -0.39 is 14.9 Å². The van der Waals surface area contributed by atoms with Gasteiger partial charge in [-0.3, -0.25) is 10.1 Å². The molecule has 0 atom stereocenters. The van der Waals surface area contributed by atoms with Crippen molar-refractivity contribution in [2.24, 2.45) is 4.40 Å². The van der Waals surface area contributed by atoms with Gasteiger partial charge in [-0.2, -0.15) is 8.42 Å². The van der Waals surface area contributed by atoms with E-state index in [1.54, 1.807) is 4.90 Å². The standard InChI is InChI=1S/C10H9N3O4S/c14-13(15)7-3-4-8-9(6-7)18(16,17)11-10-2-1-5-12(8)10/h3-4,6H,1-2,5H2. The lowest BCUT2D eigenvalue weighted by Gasteiger charge is -2.24. The molecule has 7 nitrogen and oxygen atoms in total. The monoisotopic (exact) mass is 267 g/mol. The summed E-state index contributed by atoms with van der Waals surface area (Å²) in [6, 6.07) is 3.86. The topological polar surface area (TPSA) is 92.9 Å². The summed E-state index contributed by atoms with van der Waals surface area (Å²) in [5.74, 6) is 0.524. The van der Waals surface area contributed by atoms with E-state index in [1.807, 2.05) is 0 Å². The van der Waals surface area contributed by atoms with E-state index >= 15 is 0 Å². The third-order valence-electron chi connectivity index (χ3n) is 3.04. The molecule has 0 N–H and O–H groups in total. The minimum atomic E-state index is -3.81. The van der Waals surface area contributed by atoms with Crippen LogP contribution in [0.1, 0.15) is 12.8 Å². The number of fused-ring (bicyclic) bond motifs is 3. The van der Waals surface area contributed by atoms with E-state index in [4.69, 9.17) is 0 Å². The largest absolute Gasteiger partial charge is 0.328 e. The summed E-state index contributed by atoms with van der Waals surface area (Å²) in [5, 5.41) is 10.7. The molecule has 0 unspecified atom stereocenters. The third-order valence-corrected chi connectivity index (χ3v) is 4.38. The van der Waals surface area contributed by atoms with Gasteiger partial charge in [-0.25, -0.2) is 0 Å². The first-order valence-electron chi connectivity index (χ1n) is 5.39. The molecule has 2 aliphatic heterocycles. The van der Waals surface area contributed by atoms with Crippen LogP contribution in [-0.4, -0.2) is 25.7 Å². The predicted molar refractivity (Wildman–Crippen MR) is 64.3 cm³/mol. The number of non-ortho nitro benzene ring substituents is 1. The number of nitro groups is 1. The zero-order valence-corrected chi connectivity index (χ0v) is 10.1. The van der Waals surface area contributed by atoms with E-state index in [0.29, 0.717) is 24.5 Å². The number of rotatable bonds is 1. The highest BCUT2D eigenvalue weighted by Crippen LogP contribution is 2.37. The van der Waals surface area contributed by atoms with Gasteiger partial charge in [0.1, 0.15) is 10.7 Å². The van der Waals surface area contributed by atoms with Crippen molar-refractivity contribution in [2.45, 2.75) is 17.7 Å². The smallest absolute Gasteiger partial charge is 0.286 e. The van der Waals surface area contributed by atoms with E-state index in [-0.39, 0.29) is 10.6 Å². The number of nitrogens with zero attached hydrogens (tertiary/aromatic N) is 3. The Kier molecular flexibility index (Phi) is 2.18. The number of hydrogen-bond donors (Lipinski definition) is 0. The van der Waals surface area contributed by atoms with Crippen LogP contribution >= 0.6 is 0 Å². The molecule has 0 aliphatic carbocycles. The molecule has 3 rings (SSSR count). The lowest BCUT2D eigenvalue weighted by Crippen LogP contribution is -2.30. The van der Waals surface area contributed by atoms with Crippen LogP contribution < -0.4 is 4.90 Å². The number of anilines is 1. The fraction of sp³-hybridized carbons (Fsp3) is 0.300. The molecule has 0 bridgehead atoms. The number of sulfonamides is 1. The molecule has 0 amide bonds. The van der Waals surface area contributed by atoms with Crippen molar-refractivity contribution in [3.8, 4) is 0 Å². The highest BCUT2D eigenvalue weighted by atomic mass is 32.2. The number of amidine groups is 1. The van der Waals surface area contributed by atoms with E-state index in [1.165, 1.54) is 12.1 Å². The van der Waals surface area contributed by atoms with Crippen molar-refractivity contribution in [1.29, 1.82) is 0 Å². The molecule has 2 heterocycles. The van der Waals surface area contributed by atoms with E-state index in [0.717, 1.165) is 12.5 Å². The lowest BCUT2D eigenvalue weighted by molar-refractivity contribution is -0.385. The summed E-state index contributed by atoms with van der Waals surface area (Å²) in [6.45, 7) is 0.694. The van der Waals surface area contributed by atoms with Gasteiger partial charge in [0.25, 0.3) is 15.7 Å². The fourth-order valence-corrected chi connectivity index (χ4v) is 3.53. The Labute approximate surface area is 103 Å². The second kappa shape index (κ2) is 3.52. The molecule has 1 fully saturated rings. The summed E-state index contributed by atoms with van der Waals surface area (Å²) >= 11 is 0. The summed E-state index contributed by atoms with van der Waals surface area (Å²) in [5.41, 5.74) is 0.248. The molecule has 0 radical (unpaired) electrons. The minimum absolute atomic E-state index is 0.0812. The summed E-state index contributed by atoms with van der Waals surface area (Å²) in [6.07, 6.45) is 1.46. The predicted octanol–water partition coefficient (Wildman–Crippen LogP) is 1.30. The summed E-state index contributed by atoms with van der Waals surface area (Å²) in [4.78, 5) is 11.8. The first kappa shape index (κ1) is 11.1. The molecule has 1 aromatic rings. The molecule has 0 spiro atoms. The lowest BCUT2D eigenvalue weighted by atomic mass is 10.2. The van der Waals surface area contributed by atoms with Crippen LogP contribution in [0.3, 0.4) is 0 Å². The van der Waals surface area contributed by atoms with Crippen LogP contribution in [-0.2, 0) is 10.0 Å². The average molecular weight is 267 g/mol. The molecule has 8 heteroatoms. The van der Waals surface area contributed by atoms with E-state index in [9.17, 15) is 18.5 Å². The van der Waals surface area contributed by atoms with Crippen LogP contribution in [0.4, 0.5) is 11.4 Å². The molecular formula is C10H9N3O4S. The Morgan fingerprint density at radius 1 is 1.39 bits per heavy atom. The SMILES string of the molecule is O=[N+]([O-])c1ccc2c(c1)S(=O)(=O)N=C1CCCN12. The molecule has 1 aromatic carbocycles. The Hall–Kier alpha value is -1.96. The van der Waals surface area contributed by atoms with Crippen LogP contribution in [0.5, 0.6) is 0 Å². The first-order chi connectivity index (χ1) is 8.49.